The number of nitrogens with zero attached hydrogens (tertiary/aromatic N) is 1. The van der Waals surface area contributed by atoms with Crippen LogP contribution in [0.15, 0.2) is 23.2 Å². The number of halogens is 2. The highest BCUT2D eigenvalue weighted by Crippen LogP contribution is 2.25. The molecule has 0 amide bonds. The molecule has 2 nitrogen and oxygen atoms in total. The smallest absolute Gasteiger partial charge is 0.211 e. The van der Waals surface area contributed by atoms with Gasteiger partial charge in [0, 0.05) is 0 Å². The van der Waals surface area contributed by atoms with E-state index in [1.165, 1.54) is 12.1 Å². The maximum absolute atomic E-state index is 9.80. The zero-order chi connectivity index (χ0) is 8.27. The van der Waals surface area contributed by atoms with Crippen LogP contribution in [0.5, 0.6) is 0 Å². The number of isocyanates is 1. The van der Waals surface area contributed by atoms with Crippen molar-refractivity contribution in [2.45, 2.75) is 0 Å². The highest BCUT2D eigenvalue weighted by molar-refractivity contribution is 6.42. The zero-order valence-electron chi connectivity index (χ0n) is 5.34. The third-order valence-corrected chi connectivity index (χ3v) is 1.82. The molecule has 0 heterocycles. The van der Waals surface area contributed by atoms with E-state index in [0.717, 1.165) is 0 Å². The number of hydrogen-bond donors (Lipinski definition) is 0. The van der Waals surface area contributed by atoms with Crippen LogP contribution < -0.4 is 0 Å². The summed E-state index contributed by atoms with van der Waals surface area (Å²) >= 11 is 11.2. The number of hydrogen-bond acceptors (Lipinski definition) is 2. The lowest BCUT2D eigenvalue weighted by Gasteiger charge is -1.93. The molecule has 0 bridgehead atoms. The van der Waals surface area contributed by atoms with Crippen LogP contribution >= 0.6 is 23.2 Å². The maximum atomic E-state index is 9.80. The largest absolute Gasteiger partial charge is 0.240 e. The minimum atomic E-state index is 0.378. The third-order valence-electron chi connectivity index (χ3n) is 1.08. The monoisotopic (exact) mass is 199 g/mol. The van der Waals surface area contributed by atoms with E-state index >= 15 is 0 Å². The predicted molar refractivity (Wildman–Crippen MR) is 44.2 cm³/mol. The van der Waals surface area contributed by atoms with Gasteiger partial charge in [-0.2, -0.15) is 4.99 Å². The highest BCUT2D eigenvalue weighted by atomic mass is 35.5. The molecule has 1 aromatic rings. The van der Waals surface area contributed by atoms with E-state index in [1.807, 2.05) is 0 Å². The lowest BCUT2D eigenvalue weighted by molar-refractivity contribution is 0.565. The molecule has 0 unspecified atom stereocenters. The quantitative estimate of drug-likeness (QED) is 0.506. The van der Waals surface area contributed by atoms with Crippen molar-refractivity contribution in [1.29, 1.82) is 0 Å². The van der Waals surface area contributed by atoms with Gasteiger partial charge < -0.3 is 0 Å². The molecule has 0 saturated carbocycles. The summed E-state index contributed by atoms with van der Waals surface area (Å²) in [6.07, 6.45) is 1.40. The summed E-state index contributed by atoms with van der Waals surface area (Å²) < 4.78 is 0. The SMILES string of the molecule is O=C=N[14c]1[14cH][14cH][14c](Cl)[14c](Cl)[14cH]1. The molecule has 0 spiro atoms. The molecule has 0 aliphatic heterocycles. The summed E-state index contributed by atoms with van der Waals surface area (Å²) in [6, 6.07) is 4.65. The fourth-order valence-electron chi connectivity index (χ4n) is 0.607. The van der Waals surface area contributed by atoms with Crippen LogP contribution in [0.1, 0.15) is 0 Å². The summed E-state index contributed by atoms with van der Waals surface area (Å²) in [6.45, 7) is 0. The molecular weight excluding hydrogens is 197 g/mol. The lowest BCUT2D eigenvalue weighted by Crippen LogP contribution is -1.67. The van der Waals surface area contributed by atoms with Gasteiger partial charge >= 0.3 is 0 Å². The second-order valence-electron chi connectivity index (χ2n) is 1.80. The number of rotatable bonds is 1. The average molecular weight is 200 g/mol. The van der Waals surface area contributed by atoms with Crippen LogP contribution in [0, 0.1) is 0 Å². The first kappa shape index (κ1) is 8.28. The first-order valence-corrected chi connectivity index (χ1v) is 3.52. The Bertz CT molecular complexity index is 318. The zero-order valence-corrected chi connectivity index (χ0v) is 6.86. The second-order valence-corrected chi connectivity index (χ2v) is 2.62. The van der Waals surface area contributed by atoms with Gasteiger partial charge in [-0.05, 0) is 18.2 Å². The molecule has 0 radical (unpaired) electrons. The molecule has 56 valence electrons. The van der Waals surface area contributed by atoms with E-state index in [2.05, 4.69) is 4.99 Å². The van der Waals surface area contributed by atoms with Crippen molar-refractivity contribution in [3.8, 4) is 0 Å². The molecule has 11 heavy (non-hydrogen) atoms. The highest BCUT2D eigenvalue weighted by Gasteiger charge is 1.96. The van der Waals surface area contributed by atoms with Crippen LogP contribution in [-0.4, -0.2) is 6.08 Å². The summed E-state index contributed by atoms with van der Waals surface area (Å²) in [7, 11) is 0. The van der Waals surface area contributed by atoms with Gasteiger partial charge in [0.15, 0.2) is 0 Å². The Balaban J connectivity index is 3.14. The van der Waals surface area contributed by atoms with Crippen LogP contribution in [-0.2, 0) is 4.79 Å². The standard InChI is InChI=1S/C7H3Cl2NO/c8-6-2-1-5(10-4-11)3-7(6)9/h1-3H/i1+2,2+2,3+2,5+2,6+2,7+2. The molecule has 0 aliphatic rings. The van der Waals surface area contributed by atoms with Crippen molar-refractivity contribution < 1.29 is 4.79 Å². The fraction of sp³-hybridized carbons (Fsp3) is 0. The van der Waals surface area contributed by atoms with Gasteiger partial charge in [-0.1, -0.05) is 23.2 Å². The minimum Gasteiger partial charge on any atom is -0.211 e. The van der Waals surface area contributed by atoms with Gasteiger partial charge in [-0.25, -0.2) is 4.79 Å². The number of carbonyl (C=O) groups excluding carboxylic acids is 1. The second kappa shape index (κ2) is 3.54. The molecular formula is C7H3Cl2NO. The molecule has 0 atom stereocenters. The van der Waals surface area contributed by atoms with E-state index in [9.17, 15) is 4.79 Å². The van der Waals surface area contributed by atoms with Gasteiger partial charge in [-0.15, -0.1) is 0 Å². The summed E-state index contributed by atoms with van der Waals surface area (Å²) in [5.41, 5.74) is 0.453. The van der Waals surface area contributed by atoms with E-state index in [0.29, 0.717) is 15.7 Å². The van der Waals surface area contributed by atoms with Crippen molar-refractivity contribution in [3.63, 3.8) is 0 Å². The van der Waals surface area contributed by atoms with E-state index in [-0.39, 0.29) is 0 Å². The Hall–Kier alpha value is -0.820. The first-order valence-electron chi connectivity index (χ1n) is 2.77. The van der Waals surface area contributed by atoms with Crippen LogP contribution in [0.25, 0.3) is 0 Å². The van der Waals surface area contributed by atoms with Gasteiger partial charge in [0.05, 0.1) is 15.7 Å². The summed E-state index contributed by atoms with van der Waals surface area (Å²) in [5, 5.41) is 0.819. The Morgan fingerprint density at radius 1 is 1.27 bits per heavy atom. The van der Waals surface area contributed by atoms with Crippen LogP contribution in [0.2, 0.25) is 10.0 Å². The van der Waals surface area contributed by atoms with Crippen molar-refractivity contribution >= 4 is 35.0 Å². The molecule has 0 saturated heterocycles. The first-order chi connectivity index (χ1) is 5.24. The van der Waals surface area contributed by atoms with Crippen LogP contribution in [0.3, 0.4) is 0 Å². The minimum absolute atomic E-state index is 0.378. The number of aliphatic imine (C=N–C) groups is 1. The molecule has 0 aromatic heterocycles. The maximum Gasteiger partial charge on any atom is 0.240 e. The fourth-order valence-corrected chi connectivity index (χ4v) is 0.900. The van der Waals surface area contributed by atoms with Gasteiger partial charge in [0.2, 0.25) is 6.08 Å². The molecule has 1 aromatic carbocycles. The Morgan fingerprint density at radius 3 is 2.55 bits per heavy atom. The van der Waals surface area contributed by atoms with Crippen molar-refractivity contribution in [1.82, 2.24) is 0 Å². The van der Waals surface area contributed by atoms with Crippen LogP contribution in [0.4, 0.5) is 5.69 Å². The van der Waals surface area contributed by atoms with Gasteiger partial charge in [-0.3, -0.25) is 0 Å². The van der Waals surface area contributed by atoms with Crippen molar-refractivity contribution in [3.05, 3.63) is 28.2 Å². The molecule has 4 heteroatoms. The molecule has 0 N–H and O–H groups in total. The lowest BCUT2D eigenvalue weighted by atomic mass is 11.6. The topological polar surface area (TPSA) is 29.4 Å². The third kappa shape index (κ3) is 2.05. The average Bonchev–Trinajstić information content (AvgIpc) is 1.98. The molecule has 0 fully saturated rings. The Kier molecular flexibility index (Phi) is 2.66. The normalized spacial score (nSPS) is 8.91. The number of benzene rings is 1. The Morgan fingerprint density at radius 2 is 2.00 bits per heavy atom. The summed E-state index contributed by atoms with van der Waals surface area (Å²) in [5.74, 6) is 0. The predicted octanol–water partition coefficient (Wildman–Crippen LogP) is 2.96. The van der Waals surface area contributed by atoms with Gasteiger partial charge in [0.1, 0.15) is 0 Å². The van der Waals surface area contributed by atoms with Gasteiger partial charge in [0.25, 0.3) is 0 Å². The van der Waals surface area contributed by atoms with E-state index in [1.54, 1.807) is 12.1 Å². The molecule has 0 aliphatic carbocycles. The summed E-state index contributed by atoms with van der Waals surface area (Å²) in [4.78, 5) is 13.2. The Labute approximate surface area is 73.5 Å². The van der Waals surface area contributed by atoms with Crippen molar-refractivity contribution in [2.75, 3.05) is 0 Å². The molecule has 1 rings (SSSR count). The van der Waals surface area contributed by atoms with E-state index in [4.69, 9.17) is 23.2 Å². The van der Waals surface area contributed by atoms with Crippen molar-refractivity contribution in [2.24, 2.45) is 4.99 Å². The van der Waals surface area contributed by atoms with E-state index < -0.39 is 0 Å².